The average molecular weight is 254 g/mol. The van der Waals surface area contributed by atoms with E-state index in [0.29, 0.717) is 10.8 Å². The predicted molar refractivity (Wildman–Crippen MR) is 65.7 cm³/mol. The normalized spacial score (nSPS) is 10.6. The summed E-state index contributed by atoms with van der Waals surface area (Å²) in [6, 6.07) is 7.58. The molecular formula is C11H7FO2S2. The van der Waals surface area contributed by atoms with Gasteiger partial charge >= 0.3 is 5.97 Å². The molecule has 0 heterocycles. The van der Waals surface area contributed by atoms with Crippen molar-refractivity contribution in [3.63, 3.8) is 0 Å². The topological polar surface area (TPSA) is 37.3 Å². The van der Waals surface area contributed by atoms with Crippen LogP contribution >= 0.6 is 22.5 Å². The minimum absolute atomic E-state index is 0.0451. The van der Waals surface area contributed by atoms with Gasteiger partial charge in [0.05, 0.1) is 5.56 Å². The molecule has 0 saturated heterocycles. The lowest BCUT2D eigenvalue weighted by atomic mass is 10.1. The van der Waals surface area contributed by atoms with Gasteiger partial charge < -0.3 is 5.11 Å². The van der Waals surface area contributed by atoms with Gasteiger partial charge in [0, 0.05) is 10.3 Å². The second-order valence-corrected chi connectivity index (χ2v) is 4.44. The smallest absolute Gasteiger partial charge is 0.335 e. The van der Waals surface area contributed by atoms with E-state index in [1.54, 1.807) is 18.2 Å². The number of carboxylic acid groups (broad SMARTS) is 1. The maximum atomic E-state index is 13.6. The van der Waals surface area contributed by atoms with Gasteiger partial charge in [-0.15, -0.1) is 11.7 Å². The van der Waals surface area contributed by atoms with Gasteiger partial charge in [-0.1, -0.05) is 16.9 Å². The van der Waals surface area contributed by atoms with Crippen molar-refractivity contribution in [2.45, 2.75) is 4.90 Å². The Hall–Kier alpha value is -1.20. The van der Waals surface area contributed by atoms with E-state index in [9.17, 15) is 9.18 Å². The number of fused-ring (bicyclic) bond motifs is 1. The molecule has 0 spiro atoms. The predicted octanol–water partition coefficient (Wildman–Crippen LogP) is 3.61. The van der Waals surface area contributed by atoms with E-state index in [-0.39, 0.29) is 5.56 Å². The second-order valence-electron chi connectivity index (χ2n) is 3.24. The maximum absolute atomic E-state index is 13.6. The zero-order valence-electron chi connectivity index (χ0n) is 7.98. The monoisotopic (exact) mass is 254 g/mol. The van der Waals surface area contributed by atoms with Crippen LogP contribution in [0.25, 0.3) is 10.8 Å². The number of benzene rings is 2. The molecule has 1 N–H and O–H groups in total. The second kappa shape index (κ2) is 4.35. The summed E-state index contributed by atoms with van der Waals surface area (Å²) >= 11 is 4.02. The fourth-order valence-corrected chi connectivity index (χ4v) is 2.11. The van der Waals surface area contributed by atoms with E-state index >= 15 is 0 Å². The van der Waals surface area contributed by atoms with Crippen LogP contribution in [0.15, 0.2) is 35.2 Å². The Kier molecular flexibility index (Phi) is 3.07. The number of halogens is 1. The average Bonchev–Trinajstić information content (AvgIpc) is 2.28. The quantitative estimate of drug-likeness (QED) is 0.635. The van der Waals surface area contributed by atoms with Crippen LogP contribution in [0.4, 0.5) is 4.39 Å². The summed E-state index contributed by atoms with van der Waals surface area (Å²) in [4.78, 5) is 11.6. The third-order valence-electron chi connectivity index (χ3n) is 2.23. The van der Waals surface area contributed by atoms with E-state index in [4.69, 9.17) is 5.11 Å². The van der Waals surface area contributed by atoms with Gasteiger partial charge in [-0.3, -0.25) is 0 Å². The van der Waals surface area contributed by atoms with Gasteiger partial charge in [-0.2, -0.15) is 0 Å². The molecule has 0 aliphatic heterocycles. The molecule has 0 aromatic heterocycles. The largest absolute Gasteiger partial charge is 0.478 e. The fourth-order valence-electron chi connectivity index (χ4n) is 1.47. The molecule has 0 aliphatic rings. The van der Waals surface area contributed by atoms with Crippen LogP contribution in [0.2, 0.25) is 0 Å². The van der Waals surface area contributed by atoms with Crippen molar-refractivity contribution in [1.29, 1.82) is 0 Å². The molecule has 2 aromatic rings. The van der Waals surface area contributed by atoms with Crippen LogP contribution in [0.5, 0.6) is 0 Å². The Balaban J connectivity index is 2.71. The molecule has 0 bridgehead atoms. The van der Waals surface area contributed by atoms with Crippen LogP contribution in [-0.4, -0.2) is 11.1 Å². The first-order chi connectivity index (χ1) is 7.61. The standard InChI is InChI=1S/C11H7FO2S2/c12-10-4-7(11(13)14)3-6-1-2-8(16-15)5-9(6)10/h1-5,15H,(H,13,14). The van der Waals surface area contributed by atoms with Crippen LogP contribution in [0, 0.1) is 5.82 Å². The van der Waals surface area contributed by atoms with Crippen molar-refractivity contribution < 1.29 is 14.3 Å². The highest BCUT2D eigenvalue weighted by molar-refractivity contribution is 8.68. The highest BCUT2D eigenvalue weighted by Crippen LogP contribution is 2.28. The molecule has 5 heteroatoms. The highest BCUT2D eigenvalue weighted by atomic mass is 33.1. The highest BCUT2D eigenvalue weighted by Gasteiger charge is 2.09. The molecule has 82 valence electrons. The zero-order valence-corrected chi connectivity index (χ0v) is 9.69. The lowest BCUT2D eigenvalue weighted by Gasteiger charge is -2.03. The first-order valence-electron chi connectivity index (χ1n) is 4.40. The maximum Gasteiger partial charge on any atom is 0.335 e. The Bertz CT molecular complexity index is 569. The Morgan fingerprint density at radius 1 is 1.31 bits per heavy atom. The molecule has 2 nitrogen and oxygen atoms in total. The van der Waals surface area contributed by atoms with Gasteiger partial charge in [0.1, 0.15) is 5.82 Å². The van der Waals surface area contributed by atoms with Crippen LogP contribution in [0.3, 0.4) is 0 Å². The number of rotatable bonds is 2. The third kappa shape index (κ3) is 2.01. The first kappa shape index (κ1) is 11.3. The van der Waals surface area contributed by atoms with Crippen molar-refractivity contribution >= 4 is 39.2 Å². The summed E-state index contributed by atoms with van der Waals surface area (Å²) in [5.74, 6) is -1.66. The van der Waals surface area contributed by atoms with E-state index in [0.717, 1.165) is 11.0 Å². The molecule has 0 atom stereocenters. The molecular weight excluding hydrogens is 247 g/mol. The van der Waals surface area contributed by atoms with E-state index in [1.165, 1.54) is 16.9 Å². The summed E-state index contributed by atoms with van der Waals surface area (Å²) in [7, 11) is 1.21. The van der Waals surface area contributed by atoms with Crippen LogP contribution in [-0.2, 0) is 0 Å². The van der Waals surface area contributed by atoms with Crippen molar-refractivity contribution in [3.8, 4) is 0 Å². The Morgan fingerprint density at radius 3 is 2.69 bits per heavy atom. The summed E-state index contributed by atoms with van der Waals surface area (Å²) in [5, 5.41) is 9.77. The molecule has 0 unspecified atom stereocenters. The Labute approximate surface area is 100 Å². The SMILES string of the molecule is O=C(O)c1cc(F)c2cc(SS)ccc2c1. The lowest BCUT2D eigenvalue weighted by Crippen LogP contribution is -1.97. The molecule has 0 aliphatic carbocycles. The molecule has 16 heavy (non-hydrogen) atoms. The molecule has 0 fully saturated rings. The van der Waals surface area contributed by atoms with Gasteiger partial charge in [-0.25, -0.2) is 9.18 Å². The minimum Gasteiger partial charge on any atom is -0.478 e. The molecule has 0 saturated carbocycles. The van der Waals surface area contributed by atoms with E-state index in [1.807, 2.05) is 0 Å². The van der Waals surface area contributed by atoms with E-state index < -0.39 is 11.8 Å². The van der Waals surface area contributed by atoms with Crippen molar-refractivity contribution in [2.24, 2.45) is 0 Å². The van der Waals surface area contributed by atoms with Crippen molar-refractivity contribution in [2.75, 3.05) is 0 Å². The van der Waals surface area contributed by atoms with Crippen LogP contribution in [0.1, 0.15) is 10.4 Å². The molecule has 0 amide bonds. The third-order valence-corrected chi connectivity index (χ3v) is 3.32. The summed E-state index contributed by atoms with van der Waals surface area (Å²) in [6.07, 6.45) is 0. The molecule has 2 aromatic carbocycles. The summed E-state index contributed by atoms with van der Waals surface area (Å²) in [5.41, 5.74) is -0.0451. The van der Waals surface area contributed by atoms with Gasteiger partial charge in [0.25, 0.3) is 0 Å². The number of hydrogen-bond acceptors (Lipinski definition) is 3. The number of hydrogen-bond donors (Lipinski definition) is 2. The lowest BCUT2D eigenvalue weighted by molar-refractivity contribution is 0.0696. The van der Waals surface area contributed by atoms with Gasteiger partial charge in [-0.05, 0) is 29.7 Å². The summed E-state index contributed by atoms with van der Waals surface area (Å²) in [6.45, 7) is 0. The first-order valence-corrected chi connectivity index (χ1v) is 6.26. The van der Waals surface area contributed by atoms with Crippen molar-refractivity contribution in [3.05, 3.63) is 41.7 Å². The van der Waals surface area contributed by atoms with Crippen molar-refractivity contribution in [1.82, 2.24) is 0 Å². The van der Waals surface area contributed by atoms with E-state index in [2.05, 4.69) is 11.7 Å². The zero-order chi connectivity index (χ0) is 11.7. The van der Waals surface area contributed by atoms with Gasteiger partial charge in [0.15, 0.2) is 0 Å². The van der Waals surface area contributed by atoms with Gasteiger partial charge in [0.2, 0.25) is 0 Å². The molecule has 0 radical (unpaired) electrons. The Morgan fingerprint density at radius 2 is 2.06 bits per heavy atom. The van der Waals surface area contributed by atoms with Crippen LogP contribution < -0.4 is 0 Å². The number of carbonyl (C=O) groups is 1. The number of aromatic carboxylic acids is 1. The minimum atomic E-state index is -1.13. The number of thiol groups is 1. The number of carboxylic acids is 1. The molecule has 2 rings (SSSR count). The summed E-state index contributed by atoms with van der Waals surface area (Å²) < 4.78 is 13.6. The fraction of sp³-hybridized carbons (Fsp3) is 0.